The third-order valence-corrected chi connectivity index (χ3v) is 6.08. The van der Waals surface area contributed by atoms with Gasteiger partial charge in [0.15, 0.2) is 0 Å². The molecule has 1 aliphatic carbocycles. The molecule has 0 spiro atoms. The fourth-order valence-electron chi connectivity index (χ4n) is 3.24. The molecule has 108 valence electrons. The van der Waals surface area contributed by atoms with Crippen LogP contribution in [0, 0.1) is 0 Å². The Morgan fingerprint density at radius 1 is 1.40 bits per heavy atom. The topological polar surface area (TPSA) is 55.4 Å². The van der Waals surface area contributed by atoms with Crippen LogP contribution in [0.15, 0.2) is 24.3 Å². The average molecular weight is 293 g/mol. The fraction of sp³-hybridized carbons (Fsp3) is 0.533. The lowest BCUT2D eigenvalue weighted by Gasteiger charge is -2.35. The summed E-state index contributed by atoms with van der Waals surface area (Å²) < 4.78 is 17.3. The van der Waals surface area contributed by atoms with E-state index in [9.17, 15) is 9.00 Å². The van der Waals surface area contributed by atoms with Crippen molar-refractivity contribution >= 4 is 16.8 Å². The van der Waals surface area contributed by atoms with Gasteiger partial charge in [-0.2, -0.15) is 0 Å². The van der Waals surface area contributed by atoms with E-state index in [1.54, 1.807) is 0 Å². The van der Waals surface area contributed by atoms with Crippen molar-refractivity contribution in [1.29, 1.82) is 0 Å². The molecule has 4 atom stereocenters. The summed E-state index contributed by atoms with van der Waals surface area (Å²) in [5.74, 6) is 0.0363. The van der Waals surface area contributed by atoms with Crippen molar-refractivity contribution in [2.75, 3.05) is 12.9 Å². The molecule has 1 aliphatic heterocycles. The van der Waals surface area contributed by atoms with Crippen molar-refractivity contribution in [3.8, 4) is 0 Å². The highest BCUT2D eigenvalue weighted by Crippen LogP contribution is 2.34. The second kappa shape index (κ2) is 5.66. The Balaban J connectivity index is 1.96. The molecule has 0 saturated carbocycles. The molecule has 0 amide bonds. The van der Waals surface area contributed by atoms with Gasteiger partial charge in [0.05, 0.1) is 18.1 Å². The van der Waals surface area contributed by atoms with Gasteiger partial charge in [0.1, 0.15) is 6.04 Å². The van der Waals surface area contributed by atoms with E-state index in [-0.39, 0.29) is 17.3 Å². The Morgan fingerprint density at radius 3 is 3.00 bits per heavy atom. The predicted octanol–water partition coefficient (Wildman–Crippen LogP) is 1.33. The summed E-state index contributed by atoms with van der Waals surface area (Å²) in [4.78, 5) is 11.8. The highest BCUT2D eigenvalue weighted by molar-refractivity contribution is 7.85. The smallest absolute Gasteiger partial charge is 0.323 e. The first-order valence-electron chi connectivity index (χ1n) is 6.99. The number of hydrogen-bond acceptors (Lipinski definition) is 4. The van der Waals surface area contributed by atoms with E-state index in [0.29, 0.717) is 5.75 Å². The van der Waals surface area contributed by atoms with Gasteiger partial charge >= 0.3 is 5.97 Å². The average Bonchev–Trinajstić information content (AvgIpc) is 2.66. The first-order chi connectivity index (χ1) is 9.70. The SMILES string of the molecule is COC(=O)C1CS(=O)C2CCCc3ccccc3C2N1. The van der Waals surface area contributed by atoms with E-state index >= 15 is 0 Å². The van der Waals surface area contributed by atoms with Crippen LogP contribution >= 0.6 is 0 Å². The van der Waals surface area contributed by atoms with Gasteiger partial charge in [-0.1, -0.05) is 24.3 Å². The molecule has 4 unspecified atom stereocenters. The predicted molar refractivity (Wildman–Crippen MR) is 77.9 cm³/mol. The van der Waals surface area contributed by atoms with Gasteiger partial charge in [-0.3, -0.25) is 14.3 Å². The molecule has 4 nitrogen and oxygen atoms in total. The molecule has 0 bridgehead atoms. The molecule has 0 radical (unpaired) electrons. The number of nitrogens with one attached hydrogen (secondary N) is 1. The number of hydrogen-bond donors (Lipinski definition) is 1. The molecule has 2 aliphatic rings. The number of fused-ring (bicyclic) bond motifs is 3. The molecule has 5 heteroatoms. The number of carbonyl (C=O) groups is 1. The summed E-state index contributed by atoms with van der Waals surface area (Å²) >= 11 is 0. The second-order valence-corrected chi connectivity index (χ2v) is 7.10. The standard InChI is InChI=1S/C15H19NO3S/c1-19-15(17)12-9-20(18)13-8-4-6-10-5-2-3-7-11(10)14(13)16-12/h2-3,5,7,12-14,16H,4,6,8-9H2,1H3. The summed E-state index contributed by atoms with van der Waals surface area (Å²) in [6.45, 7) is 0. The molecule has 0 aromatic heterocycles. The Morgan fingerprint density at radius 2 is 2.20 bits per heavy atom. The zero-order chi connectivity index (χ0) is 14.1. The number of esters is 1. The maximum Gasteiger partial charge on any atom is 0.323 e. The Labute approximate surface area is 121 Å². The molecular weight excluding hydrogens is 274 g/mol. The number of ether oxygens (including phenoxy) is 1. The maximum atomic E-state index is 12.5. The zero-order valence-electron chi connectivity index (χ0n) is 11.5. The number of methoxy groups -OCH3 is 1. The first kappa shape index (κ1) is 13.8. The van der Waals surface area contributed by atoms with Crippen LogP contribution in [-0.2, 0) is 26.8 Å². The monoisotopic (exact) mass is 293 g/mol. The fourth-order valence-corrected chi connectivity index (χ4v) is 5.00. The van der Waals surface area contributed by atoms with E-state index in [0.717, 1.165) is 19.3 Å². The molecule has 1 fully saturated rings. The highest BCUT2D eigenvalue weighted by atomic mass is 32.2. The Hall–Kier alpha value is -1.20. The molecule has 20 heavy (non-hydrogen) atoms. The van der Waals surface area contributed by atoms with Crippen LogP contribution < -0.4 is 5.32 Å². The van der Waals surface area contributed by atoms with Crippen LogP contribution in [0.25, 0.3) is 0 Å². The van der Waals surface area contributed by atoms with Crippen molar-refractivity contribution in [3.63, 3.8) is 0 Å². The molecule has 3 rings (SSSR count). The first-order valence-corrected chi connectivity index (χ1v) is 8.38. The van der Waals surface area contributed by atoms with Crippen molar-refractivity contribution in [2.24, 2.45) is 0 Å². The largest absolute Gasteiger partial charge is 0.468 e. The molecule has 1 aromatic rings. The lowest BCUT2D eigenvalue weighted by Crippen LogP contribution is -2.53. The van der Waals surface area contributed by atoms with Gasteiger partial charge in [-0.15, -0.1) is 0 Å². The van der Waals surface area contributed by atoms with E-state index in [1.807, 2.05) is 12.1 Å². The molecule has 1 heterocycles. The van der Waals surface area contributed by atoms with Crippen LogP contribution in [-0.4, -0.2) is 34.3 Å². The molecular formula is C15H19NO3S. The van der Waals surface area contributed by atoms with Crippen LogP contribution in [0.3, 0.4) is 0 Å². The van der Waals surface area contributed by atoms with Crippen LogP contribution in [0.4, 0.5) is 0 Å². The van der Waals surface area contributed by atoms with E-state index < -0.39 is 16.8 Å². The van der Waals surface area contributed by atoms with E-state index in [1.165, 1.54) is 18.2 Å². The van der Waals surface area contributed by atoms with Gasteiger partial charge in [-0.05, 0) is 30.4 Å². The molecule has 1 saturated heterocycles. The lowest BCUT2D eigenvalue weighted by molar-refractivity contribution is -0.142. The zero-order valence-corrected chi connectivity index (χ0v) is 12.3. The quantitative estimate of drug-likeness (QED) is 0.794. The summed E-state index contributed by atoms with van der Waals surface area (Å²) in [6.07, 6.45) is 3.01. The minimum atomic E-state index is -0.991. The third-order valence-electron chi connectivity index (χ3n) is 4.23. The number of carbonyl (C=O) groups excluding carboxylic acids is 1. The van der Waals surface area contributed by atoms with Crippen LogP contribution in [0.1, 0.15) is 30.0 Å². The molecule has 1 N–H and O–H groups in total. The molecule has 1 aromatic carbocycles. The number of rotatable bonds is 1. The third kappa shape index (κ3) is 2.40. The summed E-state index contributed by atoms with van der Waals surface area (Å²) in [7, 11) is 0.384. The number of aryl methyl sites for hydroxylation is 1. The minimum absolute atomic E-state index is 0.00705. The Kier molecular flexibility index (Phi) is 3.89. The van der Waals surface area contributed by atoms with Gasteiger partial charge < -0.3 is 4.74 Å². The normalized spacial score (nSPS) is 32.6. The lowest BCUT2D eigenvalue weighted by atomic mass is 9.98. The minimum Gasteiger partial charge on any atom is -0.468 e. The van der Waals surface area contributed by atoms with Crippen molar-refractivity contribution in [3.05, 3.63) is 35.4 Å². The van der Waals surface area contributed by atoms with Gasteiger partial charge in [-0.25, -0.2) is 0 Å². The van der Waals surface area contributed by atoms with Crippen molar-refractivity contribution in [1.82, 2.24) is 5.32 Å². The van der Waals surface area contributed by atoms with Gasteiger partial charge in [0, 0.05) is 16.8 Å². The highest BCUT2D eigenvalue weighted by Gasteiger charge is 2.40. The summed E-state index contributed by atoms with van der Waals surface area (Å²) in [5.41, 5.74) is 2.49. The van der Waals surface area contributed by atoms with Crippen LogP contribution in [0.2, 0.25) is 0 Å². The van der Waals surface area contributed by atoms with Gasteiger partial charge in [0.25, 0.3) is 0 Å². The van der Waals surface area contributed by atoms with Crippen molar-refractivity contribution in [2.45, 2.75) is 36.6 Å². The van der Waals surface area contributed by atoms with E-state index in [2.05, 4.69) is 17.4 Å². The number of benzene rings is 1. The van der Waals surface area contributed by atoms with E-state index in [4.69, 9.17) is 4.74 Å². The van der Waals surface area contributed by atoms with Gasteiger partial charge in [0.2, 0.25) is 0 Å². The van der Waals surface area contributed by atoms with Crippen LogP contribution in [0.5, 0.6) is 0 Å². The van der Waals surface area contributed by atoms with Crippen molar-refractivity contribution < 1.29 is 13.7 Å². The summed E-state index contributed by atoms with van der Waals surface area (Å²) in [5, 5.41) is 3.46. The maximum absolute atomic E-state index is 12.5. The second-order valence-electron chi connectivity index (χ2n) is 5.40. The summed E-state index contributed by atoms with van der Waals surface area (Å²) in [6, 6.07) is 7.79. The Bertz CT molecular complexity index is 546.